The lowest BCUT2D eigenvalue weighted by Gasteiger charge is -2.34. The number of hydrogen-bond donors (Lipinski definition) is 0. The molecule has 1 aliphatic rings. The number of fused-ring (bicyclic) bond motifs is 3. The minimum absolute atomic E-state index is 0.0685. The van der Waals surface area contributed by atoms with E-state index in [2.05, 4.69) is 24.9 Å². The van der Waals surface area contributed by atoms with Crippen LogP contribution in [-0.4, -0.2) is 29.2 Å². The number of carbonyl (C=O) groups excluding carboxylic acids is 1. The van der Waals surface area contributed by atoms with Gasteiger partial charge in [0.1, 0.15) is 11.3 Å². The molecule has 2 aromatic heterocycles. The maximum atomic E-state index is 12.8. The molecule has 1 aliphatic heterocycles. The Kier molecular flexibility index (Phi) is 5.87. The number of benzene rings is 1. The van der Waals surface area contributed by atoms with E-state index in [9.17, 15) is 9.59 Å². The number of esters is 1. The molecule has 4 rings (SSSR count). The molecular weight excluding hydrogens is 404 g/mol. The van der Waals surface area contributed by atoms with Crippen molar-refractivity contribution in [2.45, 2.75) is 40.2 Å². The highest BCUT2D eigenvalue weighted by Crippen LogP contribution is 2.42. The molecule has 0 spiro atoms. The molecule has 1 atom stereocenters. The van der Waals surface area contributed by atoms with Crippen LogP contribution in [-0.2, 0) is 11.2 Å². The second kappa shape index (κ2) is 8.61. The molecule has 32 heavy (non-hydrogen) atoms. The molecule has 0 radical (unpaired) electrons. The van der Waals surface area contributed by atoms with Gasteiger partial charge in [-0.05, 0) is 49.9 Å². The molecule has 0 fully saturated rings. The van der Waals surface area contributed by atoms with Crippen LogP contribution in [0.25, 0.3) is 22.4 Å². The van der Waals surface area contributed by atoms with Crippen LogP contribution in [0.4, 0.5) is 0 Å². The van der Waals surface area contributed by atoms with Crippen molar-refractivity contribution in [1.29, 1.82) is 0 Å². The van der Waals surface area contributed by atoms with Crippen LogP contribution >= 0.6 is 0 Å². The molecule has 0 saturated carbocycles. The number of aromatic nitrogens is 2. The average Bonchev–Trinajstić information content (AvgIpc) is 2.77. The Hall–Kier alpha value is -3.41. The molecule has 0 bridgehead atoms. The second-order valence-corrected chi connectivity index (χ2v) is 8.48. The number of rotatable bonds is 5. The summed E-state index contributed by atoms with van der Waals surface area (Å²) in [6.45, 7) is 8.21. The van der Waals surface area contributed by atoms with E-state index < -0.39 is 5.97 Å². The highest BCUT2D eigenvalue weighted by molar-refractivity contribution is 5.89. The Bertz CT molecular complexity index is 1230. The van der Waals surface area contributed by atoms with Crippen molar-refractivity contribution in [3.8, 4) is 28.1 Å². The number of ether oxygens (including phenoxy) is 2. The van der Waals surface area contributed by atoms with E-state index in [0.29, 0.717) is 11.7 Å². The second-order valence-electron chi connectivity index (χ2n) is 8.48. The van der Waals surface area contributed by atoms with Gasteiger partial charge in [-0.3, -0.25) is 9.78 Å². The van der Waals surface area contributed by atoms with Crippen LogP contribution in [0.2, 0.25) is 0 Å². The first-order valence-corrected chi connectivity index (χ1v) is 10.9. The largest absolute Gasteiger partial charge is 0.496 e. The highest BCUT2D eigenvalue weighted by Gasteiger charge is 2.29. The molecule has 0 amide bonds. The average molecular weight is 433 g/mol. The predicted molar refractivity (Wildman–Crippen MR) is 124 cm³/mol. The van der Waals surface area contributed by atoms with Crippen molar-refractivity contribution < 1.29 is 14.3 Å². The van der Waals surface area contributed by atoms with Crippen LogP contribution in [0.1, 0.15) is 48.4 Å². The van der Waals surface area contributed by atoms with Gasteiger partial charge in [-0.15, -0.1) is 0 Å². The number of methoxy groups -OCH3 is 1. The summed E-state index contributed by atoms with van der Waals surface area (Å²) in [5.74, 6) is 0.429. The molecule has 1 aromatic carbocycles. The summed E-state index contributed by atoms with van der Waals surface area (Å²) in [6, 6.07) is 9.80. The summed E-state index contributed by atoms with van der Waals surface area (Å²) < 4.78 is 12.9. The lowest BCUT2D eigenvalue weighted by atomic mass is 9.85. The number of pyridine rings is 2. The summed E-state index contributed by atoms with van der Waals surface area (Å²) in [4.78, 5) is 29.6. The molecule has 1 unspecified atom stereocenters. The van der Waals surface area contributed by atoms with Gasteiger partial charge in [-0.2, -0.15) is 0 Å². The van der Waals surface area contributed by atoms with Gasteiger partial charge in [0.25, 0.3) is 0 Å². The first-order valence-electron chi connectivity index (χ1n) is 10.9. The third kappa shape index (κ3) is 3.81. The summed E-state index contributed by atoms with van der Waals surface area (Å²) in [5.41, 5.74) is 5.51. The van der Waals surface area contributed by atoms with Crippen LogP contribution in [0.5, 0.6) is 5.75 Å². The van der Waals surface area contributed by atoms with E-state index in [1.54, 1.807) is 26.3 Å². The number of carbonyl (C=O) groups is 1. The molecule has 3 heterocycles. The Balaban J connectivity index is 1.92. The predicted octanol–water partition coefficient (Wildman–Crippen LogP) is 4.82. The van der Waals surface area contributed by atoms with Crippen molar-refractivity contribution in [2.75, 3.05) is 13.7 Å². The Labute approximate surface area is 187 Å². The fourth-order valence-corrected chi connectivity index (χ4v) is 4.34. The van der Waals surface area contributed by atoms with Gasteiger partial charge < -0.3 is 14.0 Å². The van der Waals surface area contributed by atoms with E-state index in [1.807, 2.05) is 35.9 Å². The van der Waals surface area contributed by atoms with Gasteiger partial charge in [-0.25, -0.2) is 4.79 Å². The highest BCUT2D eigenvalue weighted by atomic mass is 16.5. The molecule has 0 aliphatic carbocycles. The van der Waals surface area contributed by atoms with E-state index >= 15 is 0 Å². The summed E-state index contributed by atoms with van der Waals surface area (Å²) in [5, 5.41) is 0. The van der Waals surface area contributed by atoms with E-state index in [4.69, 9.17) is 9.47 Å². The topological polar surface area (TPSA) is 70.4 Å². The lowest BCUT2D eigenvalue weighted by molar-refractivity contribution is 0.0523. The van der Waals surface area contributed by atoms with Gasteiger partial charge in [-0.1, -0.05) is 19.9 Å². The van der Waals surface area contributed by atoms with E-state index in [1.165, 1.54) is 0 Å². The van der Waals surface area contributed by atoms with Crippen LogP contribution in [0.3, 0.4) is 0 Å². The fraction of sp³-hybridized carbons (Fsp3) is 0.346. The SMILES string of the molecule is CCOC(=O)c1cn2c(cc1=O)-c1cc(OC)c(-c3ccc(C)nc3)cc1CC2C(C)C. The third-order valence-corrected chi connectivity index (χ3v) is 6.05. The lowest BCUT2D eigenvalue weighted by Crippen LogP contribution is -2.28. The molecule has 0 saturated heterocycles. The molecule has 0 N–H and O–H groups in total. The van der Waals surface area contributed by atoms with Gasteiger partial charge in [0.05, 0.1) is 19.4 Å². The molecule has 3 aromatic rings. The van der Waals surface area contributed by atoms with Gasteiger partial charge in [0, 0.05) is 46.9 Å². The third-order valence-electron chi connectivity index (χ3n) is 6.05. The van der Waals surface area contributed by atoms with Crippen molar-refractivity contribution in [2.24, 2.45) is 5.92 Å². The zero-order valence-corrected chi connectivity index (χ0v) is 19.1. The number of hydrogen-bond acceptors (Lipinski definition) is 5. The standard InChI is InChI=1S/C26H28N2O4/c1-6-32-26(30)21-14-28-22(15(2)3)10-18-9-20(17-8-7-16(4)27-13-17)25(31-5)11-19(18)23(28)12-24(21)29/h7-9,11-15,22H,6,10H2,1-5H3. The monoisotopic (exact) mass is 432 g/mol. The Morgan fingerprint density at radius 1 is 1.22 bits per heavy atom. The van der Waals surface area contributed by atoms with Crippen LogP contribution in [0, 0.1) is 12.8 Å². The Morgan fingerprint density at radius 2 is 2.00 bits per heavy atom. The molecule has 166 valence electrons. The van der Waals surface area contributed by atoms with Gasteiger partial charge in [0.2, 0.25) is 0 Å². The summed E-state index contributed by atoms with van der Waals surface area (Å²) in [6.07, 6.45) is 4.29. The first-order chi connectivity index (χ1) is 15.3. The molecule has 6 heteroatoms. The van der Waals surface area contributed by atoms with Crippen LogP contribution in [0.15, 0.2) is 47.5 Å². The van der Waals surface area contributed by atoms with Crippen molar-refractivity contribution in [3.05, 3.63) is 69.8 Å². The van der Waals surface area contributed by atoms with Crippen molar-refractivity contribution >= 4 is 5.97 Å². The van der Waals surface area contributed by atoms with E-state index in [-0.39, 0.29) is 23.6 Å². The number of nitrogens with zero attached hydrogens (tertiary/aromatic N) is 2. The first kappa shape index (κ1) is 21.8. The Morgan fingerprint density at radius 3 is 2.62 bits per heavy atom. The minimum Gasteiger partial charge on any atom is -0.496 e. The summed E-state index contributed by atoms with van der Waals surface area (Å²) in [7, 11) is 1.64. The zero-order valence-electron chi connectivity index (χ0n) is 19.1. The maximum absolute atomic E-state index is 12.8. The number of aryl methyl sites for hydroxylation is 1. The van der Waals surface area contributed by atoms with Crippen molar-refractivity contribution in [3.63, 3.8) is 0 Å². The van der Waals surface area contributed by atoms with Crippen LogP contribution < -0.4 is 10.2 Å². The zero-order chi connectivity index (χ0) is 23.0. The quantitative estimate of drug-likeness (QED) is 0.541. The normalized spacial score (nSPS) is 14.6. The molecule has 6 nitrogen and oxygen atoms in total. The van der Waals surface area contributed by atoms with E-state index in [0.717, 1.165) is 40.1 Å². The smallest absolute Gasteiger partial charge is 0.343 e. The van der Waals surface area contributed by atoms with Gasteiger partial charge in [0.15, 0.2) is 5.43 Å². The van der Waals surface area contributed by atoms with Crippen molar-refractivity contribution in [1.82, 2.24) is 9.55 Å². The summed E-state index contributed by atoms with van der Waals surface area (Å²) >= 11 is 0. The van der Waals surface area contributed by atoms with Gasteiger partial charge >= 0.3 is 5.97 Å². The fourth-order valence-electron chi connectivity index (χ4n) is 4.34. The minimum atomic E-state index is -0.582. The maximum Gasteiger partial charge on any atom is 0.343 e. The molecular formula is C26H28N2O4.